The highest BCUT2D eigenvalue weighted by molar-refractivity contribution is 9.10. The smallest absolute Gasteiger partial charge is 0.262 e. The number of benzene rings is 1. The molecule has 0 saturated carbocycles. The van der Waals surface area contributed by atoms with E-state index in [2.05, 4.69) is 20.9 Å². The molecule has 0 N–H and O–H groups in total. The van der Waals surface area contributed by atoms with Gasteiger partial charge >= 0.3 is 0 Å². The lowest BCUT2D eigenvalue weighted by Gasteiger charge is -2.13. The molecule has 94 valence electrons. The predicted molar refractivity (Wildman–Crippen MR) is 74.2 cm³/mol. The molecule has 0 saturated heterocycles. The number of aromatic nitrogens is 1. The van der Waals surface area contributed by atoms with E-state index in [-0.39, 0.29) is 6.10 Å². The van der Waals surface area contributed by atoms with Crippen LogP contribution in [0.1, 0.15) is 13.8 Å². The van der Waals surface area contributed by atoms with E-state index in [0.717, 1.165) is 10.2 Å². The van der Waals surface area contributed by atoms with Crippen molar-refractivity contribution < 1.29 is 9.47 Å². The lowest BCUT2D eigenvalue weighted by molar-refractivity contribution is 0.231. The molecule has 18 heavy (non-hydrogen) atoms. The Morgan fingerprint density at radius 2 is 1.83 bits per heavy atom. The minimum Gasteiger partial charge on any atom is -0.485 e. The second-order valence-electron chi connectivity index (χ2n) is 4.03. The molecule has 1 heterocycles. The van der Waals surface area contributed by atoms with E-state index < -0.39 is 0 Å². The normalized spacial score (nSPS) is 10.4. The Balaban J connectivity index is 2.20. The van der Waals surface area contributed by atoms with Crippen LogP contribution in [0.4, 0.5) is 0 Å². The van der Waals surface area contributed by atoms with Crippen LogP contribution in [0.15, 0.2) is 47.1 Å². The van der Waals surface area contributed by atoms with Gasteiger partial charge in [0.1, 0.15) is 5.75 Å². The molecule has 0 unspecified atom stereocenters. The summed E-state index contributed by atoms with van der Waals surface area (Å²) in [5.74, 6) is 1.86. The van der Waals surface area contributed by atoms with E-state index in [1.54, 1.807) is 6.20 Å². The summed E-state index contributed by atoms with van der Waals surface area (Å²) >= 11 is 3.38. The molecule has 4 heteroatoms. The molecule has 2 rings (SSSR count). The van der Waals surface area contributed by atoms with Crippen molar-refractivity contribution in [3.8, 4) is 17.4 Å². The van der Waals surface area contributed by atoms with E-state index in [9.17, 15) is 0 Å². The molecule has 0 radical (unpaired) electrons. The molecule has 2 aromatic rings. The lowest BCUT2D eigenvalue weighted by atomic mass is 10.3. The molecule has 0 aliphatic carbocycles. The van der Waals surface area contributed by atoms with Crippen LogP contribution in [-0.2, 0) is 0 Å². The minimum atomic E-state index is 0.0847. The maximum Gasteiger partial charge on any atom is 0.262 e. The van der Waals surface area contributed by atoms with Gasteiger partial charge in [0.2, 0.25) is 0 Å². The zero-order chi connectivity index (χ0) is 13.0. The fraction of sp³-hybridized carbons (Fsp3) is 0.214. The quantitative estimate of drug-likeness (QED) is 0.837. The number of rotatable bonds is 4. The van der Waals surface area contributed by atoms with Crippen molar-refractivity contribution in [1.29, 1.82) is 0 Å². The molecule has 0 spiro atoms. The van der Waals surface area contributed by atoms with Gasteiger partial charge in [-0.1, -0.05) is 15.9 Å². The van der Waals surface area contributed by atoms with E-state index >= 15 is 0 Å². The van der Waals surface area contributed by atoms with Crippen LogP contribution in [0.3, 0.4) is 0 Å². The highest BCUT2D eigenvalue weighted by Gasteiger charge is 2.08. The van der Waals surface area contributed by atoms with Crippen LogP contribution >= 0.6 is 15.9 Å². The number of hydrogen-bond donors (Lipinski definition) is 0. The van der Waals surface area contributed by atoms with Crippen molar-refractivity contribution >= 4 is 15.9 Å². The van der Waals surface area contributed by atoms with Gasteiger partial charge in [0.15, 0.2) is 5.75 Å². The van der Waals surface area contributed by atoms with Gasteiger partial charge < -0.3 is 9.47 Å². The summed E-state index contributed by atoms with van der Waals surface area (Å²) in [5.41, 5.74) is 0. The zero-order valence-corrected chi connectivity index (χ0v) is 11.8. The molecule has 1 aromatic carbocycles. The third kappa shape index (κ3) is 3.47. The summed E-state index contributed by atoms with van der Waals surface area (Å²) in [6.07, 6.45) is 1.77. The van der Waals surface area contributed by atoms with Crippen molar-refractivity contribution in [3.05, 3.63) is 47.1 Å². The lowest BCUT2D eigenvalue weighted by Crippen LogP contribution is -2.06. The summed E-state index contributed by atoms with van der Waals surface area (Å²) in [5, 5.41) is 0. The third-order valence-corrected chi connectivity index (χ3v) is 2.66. The fourth-order valence-electron chi connectivity index (χ4n) is 1.41. The topological polar surface area (TPSA) is 31.4 Å². The highest BCUT2D eigenvalue weighted by atomic mass is 79.9. The molecule has 1 aromatic heterocycles. The maximum absolute atomic E-state index is 5.71. The van der Waals surface area contributed by atoms with Gasteiger partial charge in [0.05, 0.1) is 6.10 Å². The van der Waals surface area contributed by atoms with Crippen molar-refractivity contribution in [2.45, 2.75) is 20.0 Å². The third-order valence-electron chi connectivity index (χ3n) is 2.13. The maximum atomic E-state index is 5.71. The summed E-state index contributed by atoms with van der Waals surface area (Å²) in [6.45, 7) is 3.94. The van der Waals surface area contributed by atoms with Crippen LogP contribution in [0.2, 0.25) is 0 Å². The highest BCUT2D eigenvalue weighted by Crippen LogP contribution is 2.30. The van der Waals surface area contributed by atoms with Crippen LogP contribution in [0, 0.1) is 0 Å². The molecule has 3 nitrogen and oxygen atoms in total. The summed E-state index contributed by atoms with van der Waals surface area (Å²) < 4.78 is 12.4. The first-order chi connectivity index (χ1) is 8.65. The zero-order valence-electron chi connectivity index (χ0n) is 10.3. The van der Waals surface area contributed by atoms with Crippen LogP contribution in [0.25, 0.3) is 0 Å². The Kier molecular flexibility index (Phi) is 4.20. The Hall–Kier alpha value is -1.55. The van der Waals surface area contributed by atoms with Crippen LogP contribution in [-0.4, -0.2) is 11.1 Å². The largest absolute Gasteiger partial charge is 0.485 e. The van der Waals surface area contributed by atoms with Crippen molar-refractivity contribution in [3.63, 3.8) is 0 Å². The van der Waals surface area contributed by atoms with E-state index in [1.807, 2.05) is 50.2 Å². The van der Waals surface area contributed by atoms with Gasteiger partial charge in [-0.2, -0.15) is 0 Å². The van der Waals surface area contributed by atoms with Gasteiger partial charge in [-0.15, -0.1) is 0 Å². The number of halogens is 1. The van der Waals surface area contributed by atoms with Crippen molar-refractivity contribution in [2.75, 3.05) is 0 Å². The minimum absolute atomic E-state index is 0.0847. The van der Waals surface area contributed by atoms with E-state index in [0.29, 0.717) is 11.6 Å². The van der Waals surface area contributed by atoms with Gasteiger partial charge in [0.25, 0.3) is 5.88 Å². The molecule has 0 fully saturated rings. The Bertz CT molecular complexity index is 511. The first kappa shape index (κ1) is 12.9. The first-order valence-corrected chi connectivity index (χ1v) is 6.49. The van der Waals surface area contributed by atoms with E-state index in [4.69, 9.17) is 9.47 Å². The monoisotopic (exact) mass is 307 g/mol. The molecule has 0 amide bonds. The number of pyridine rings is 1. The van der Waals surface area contributed by atoms with Crippen LogP contribution < -0.4 is 9.47 Å². The molecule has 0 aliphatic heterocycles. The number of hydrogen-bond acceptors (Lipinski definition) is 3. The molecular formula is C14H14BrNO2. The van der Waals surface area contributed by atoms with E-state index in [1.165, 1.54) is 0 Å². The second kappa shape index (κ2) is 5.87. The SMILES string of the molecule is CC(C)Oc1cccnc1Oc1ccc(Br)cc1. The Morgan fingerprint density at radius 3 is 2.50 bits per heavy atom. The van der Waals surface area contributed by atoms with Gasteiger partial charge in [-0.05, 0) is 50.2 Å². The van der Waals surface area contributed by atoms with Crippen molar-refractivity contribution in [1.82, 2.24) is 4.98 Å². The first-order valence-electron chi connectivity index (χ1n) is 5.70. The summed E-state index contributed by atoms with van der Waals surface area (Å²) in [4.78, 5) is 4.19. The van der Waals surface area contributed by atoms with Crippen molar-refractivity contribution in [2.24, 2.45) is 0 Å². The van der Waals surface area contributed by atoms with Crippen LogP contribution in [0.5, 0.6) is 17.4 Å². The molecule has 0 bridgehead atoms. The predicted octanol–water partition coefficient (Wildman–Crippen LogP) is 4.42. The Labute approximate surface area is 115 Å². The standard InChI is InChI=1S/C14H14BrNO2/c1-10(2)17-13-4-3-9-16-14(13)18-12-7-5-11(15)6-8-12/h3-10H,1-2H3. The molecule has 0 aliphatic rings. The average Bonchev–Trinajstić information content (AvgIpc) is 2.34. The summed E-state index contributed by atoms with van der Waals surface area (Å²) in [6, 6.07) is 11.3. The summed E-state index contributed by atoms with van der Waals surface area (Å²) in [7, 11) is 0. The average molecular weight is 308 g/mol. The molecular weight excluding hydrogens is 294 g/mol. The van der Waals surface area contributed by atoms with Gasteiger partial charge in [-0.25, -0.2) is 4.98 Å². The van der Waals surface area contributed by atoms with Gasteiger partial charge in [-0.3, -0.25) is 0 Å². The number of ether oxygens (including phenoxy) is 2. The molecule has 0 atom stereocenters. The number of nitrogens with zero attached hydrogens (tertiary/aromatic N) is 1. The van der Waals surface area contributed by atoms with Gasteiger partial charge in [0, 0.05) is 10.7 Å². The fourth-order valence-corrected chi connectivity index (χ4v) is 1.67. The second-order valence-corrected chi connectivity index (χ2v) is 4.94. The Morgan fingerprint density at radius 1 is 1.11 bits per heavy atom.